The molecule has 21 heavy (non-hydrogen) atoms. The Morgan fingerprint density at radius 2 is 1.43 bits per heavy atom. The molecule has 0 aromatic heterocycles. The lowest BCUT2D eigenvalue weighted by atomic mass is 9.60. The van der Waals surface area contributed by atoms with Crippen LogP contribution in [0.4, 0.5) is 43.9 Å². The molecule has 2 aliphatic rings. The van der Waals surface area contributed by atoms with Crippen LogP contribution in [-0.4, -0.2) is 35.5 Å². The highest BCUT2D eigenvalue weighted by Gasteiger charge is 2.83. The Morgan fingerprint density at radius 1 is 0.905 bits per heavy atom. The van der Waals surface area contributed by atoms with Crippen LogP contribution in [0.15, 0.2) is 0 Å². The third kappa shape index (κ3) is 2.11. The van der Waals surface area contributed by atoms with E-state index in [-0.39, 0.29) is 0 Å². The molecule has 124 valence electrons. The molecule has 0 saturated heterocycles. The Morgan fingerprint density at radius 3 is 1.90 bits per heavy atom. The summed E-state index contributed by atoms with van der Waals surface area (Å²) in [6.45, 7) is 0. The topological polar surface area (TPSA) is 0 Å². The third-order valence-electron chi connectivity index (χ3n) is 4.28. The van der Waals surface area contributed by atoms with Crippen LogP contribution in [0.2, 0.25) is 0 Å². The average molecular weight is 332 g/mol. The standard InChI is InChI=1S/C11H10F10/c12-6-8(15)4-7(13,14)2-1-5(8)3-9(16,17)10(6,18)11(19,20)21/h5-6H,1-4H2. The molecule has 10 heteroatoms. The van der Waals surface area contributed by atoms with Crippen LogP contribution in [0, 0.1) is 5.92 Å². The van der Waals surface area contributed by atoms with E-state index in [1.165, 1.54) is 0 Å². The molecule has 2 fully saturated rings. The van der Waals surface area contributed by atoms with Crippen molar-refractivity contribution in [1.82, 2.24) is 0 Å². The van der Waals surface area contributed by atoms with E-state index in [4.69, 9.17) is 0 Å². The van der Waals surface area contributed by atoms with Crippen LogP contribution in [0.1, 0.15) is 25.7 Å². The lowest BCUT2D eigenvalue weighted by Gasteiger charge is -2.53. The number of halogens is 10. The van der Waals surface area contributed by atoms with Gasteiger partial charge in [0.2, 0.25) is 0 Å². The zero-order chi connectivity index (χ0) is 16.5. The normalized spacial score (nSPS) is 46.0. The summed E-state index contributed by atoms with van der Waals surface area (Å²) in [6.07, 6.45) is -16.8. The molecular weight excluding hydrogens is 322 g/mol. The molecule has 0 N–H and O–H groups in total. The first-order chi connectivity index (χ1) is 9.17. The van der Waals surface area contributed by atoms with Gasteiger partial charge in [0.1, 0.15) is 0 Å². The van der Waals surface area contributed by atoms with Crippen molar-refractivity contribution in [3.63, 3.8) is 0 Å². The van der Waals surface area contributed by atoms with E-state index in [2.05, 4.69) is 0 Å². The Bertz CT molecular complexity index is 429. The molecule has 2 rings (SSSR count). The number of hydrogen-bond donors (Lipinski definition) is 0. The molecule has 0 aliphatic heterocycles. The van der Waals surface area contributed by atoms with E-state index in [1.54, 1.807) is 0 Å². The molecular formula is C11H10F10. The van der Waals surface area contributed by atoms with Crippen LogP contribution in [0.5, 0.6) is 0 Å². The van der Waals surface area contributed by atoms with Crippen molar-refractivity contribution in [3.05, 3.63) is 0 Å². The minimum absolute atomic E-state index is 0.937. The molecule has 0 aromatic carbocycles. The van der Waals surface area contributed by atoms with Crippen molar-refractivity contribution in [2.24, 2.45) is 5.92 Å². The van der Waals surface area contributed by atoms with Gasteiger partial charge in [0.25, 0.3) is 11.8 Å². The number of rotatable bonds is 0. The van der Waals surface area contributed by atoms with E-state index in [0.717, 1.165) is 0 Å². The van der Waals surface area contributed by atoms with Crippen LogP contribution in [0.3, 0.4) is 0 Å². The van der Waals surface area contributed by atoms with Crippen molar-refractivity contribution in [3.8, 4) is 0 Å². The minimum Gasteiger partial charge on any atom is -0.240 e. The maximum atomic E-state index is 14.3. The molecule has 0 spiro atoms. The van der Waals surface area contributed by atoms with Gasteiger partial charge in [-0.05, 0) is 6.42 Å². The number of hydrogen-bond acceptors (Lipinski definition) is 0. The summed E-state index contributed by atoms with van der Waals surface area (Å²) in [5.41, 5.74) is -9.80. The third-order valence-corrected chi connectivity index (χ3v) is 4.28. The number of fused-ring (bicyclic) bond motifs is 1. The molecule has 0 amide bonds. The van der Waals surface area contributed by atoms with Crippen LogP contribution >= 0.6 is 0 Å². The predicted octanol–water partition coefficient (Wildman–Crippen LogP) is 4.78. The summed E-state index contributed by atoms with van der Waals surface area (Å²) < 4.78 is 133. The molecule has 0 bridgehead atoms. The summed E-state index contributed by atoms with van der Waals surface area (Å²) in [5, 5.41) is 0. The Hall–Kier alpha value is -0.700. The van der Waals surface area contributed by atoms with E-state index >= 15 is 0 Å². The van der Waals surface area contributed by atoms with Crippen molar-refractivity contribution in [1.29, 1.82) is 0 Å². The first-order valence-corrected chi connectivity index (χ1v) is 6.02. The fourth-order valence-electron chi connectivity index (χ4n) is 3.15. The molecule has 0 aromatic rings. The fraction of sp³-hybridized carbons (Fsp3) is 1.00. The van der Waals surface area contributed by atoms with Gasteiger partial charge in [0, 0.05) is 25.2 Å². The summed E-state index contributed by atoms with van der Waals surface area (Å²) in [5.74, 6) is -11.2. The second-order valence-corrected chi connectivity index (χ2v) is 5.68. The zero-order valence-electron chi connectivity index (χ0n) is 10.3. The highest BCUT2D eigenvalue weighted by molar-refractivity contribution is 5.20. The van der Waals surface area contributed by atoms with Gasteiger partial charge in [-0.15, -0.1) is 0 Å². The smallest absolute Gasteiger partial charge is 0.240 e. The largest absolute Gasteiger partial charge is 0.431 e. The minimum atomic E-state index is -6.42. The first kappa shape index (κ1) is 16.7. The molecule has 4 unspecified atom stereocenters. The van der Waals surface area contributed by atoms with Gasteiger partial charge >= 0.3 is 11.8 Å². The van der Waals surface area contributed by atoms with Gasteiger partial charge in [0.05, 0.1) is 0 Å². The summed E-state index contributed by atoms with van der Waals surface area (Å²) in [7, 11) is 0. The Kier molecular flexibility index (Phi) is 3.32. The van der Waals surface area contributed by atoms with E-state index in [9.17, 15) is 43.9 Å². The average Bonchev–Trinajstić information content (AvgIpc) is 2.27. The first-order valence-electron chi connectivity index (χ1n) is 6.02. The highest BCUT2D eigenvalue weighted by atomic mass is 19.4. The van der Waals surface area contributed by atoms with Crippen molar-refractivity contribution in [2.45, 2.75) is 61.2 Å². The maximum absolute atomic E-state index is 14.3. The van der Waals surface area contributed by atoms with Crippen molar-refractivity contribution in [2.75, 3.05) is 0 Å². The second-order valence-electron chi connectivity index (χ2n) is 5.68. The molecule has 2 saturated carbocycles. The lowest BCUT2D eigenvalue weighted by molar-refractivity contribution is -0.364. The maximum Gasteiger partial charge on any atom is 0.431 e. The highest BCUT2D eigenvalue weighted by Crippen LogP contribution is 2.63. The SMILES string of the molecule is FC1C2(F)CC(F)(F)CCC2CC(F)(F)C1(F)C(F)(F)F. The van der Waals surface area contributed by atoms with Gasteiger partial charge < -0.3 is 0 Å². The summed E-state index contributed by atoms with van der Waals surface area (Å²) in [4.78, 5) is 0. The lowest BCUT2D eigenvalue weighted by Crippen LogP contribution is -2.73. The van der Waals surface area contributed by atoms with E-state index < -0.39 is 67.1 Å². The van der Waals surface area contributed by atoms with Gasteiger partial charge in [-0.2, -0.15) is 13.2 Å². The van der Waals surface area contributed by atoms with E-state index in [0.29, 0.717) is 0 Å². The zero-order valence-corrected chi connectivity index (χ0v) is 10.3. The van der Waals surface area contributed by atoms with Crippen LogP contribution in [0.25, 0.3) is 0 Å². The molecule has 0 heterocycles. The van der Waals surface area contributed by atoms with Gasteiger partial charge in [-0.25, -0.2) is 30.7 Å². The monoisotopic (exact) mass is 332 g/mol. The van der Waals surface area contributed by atoms with Gasteiger partial charge in [0.15, 0.2) is 11.8 Å². The predicted molar refractivity (Wildman–Crippen MR) is 50.5 cm³/mol. The summed E-state index contributed by atoms with van der Waals surface area (Å²) in [6, 6.07) is 0. The molecule has 0 radical (unpaired) electrons. The Balaban J connectivity index is 2.52. The number of alkyl halides is 10. The molecule has 4 atom stereocenters. The quantitative estimate of drug-likeness (QED) is 0.560. The van der Waals surface area contributed by atoms with Crippen LogP contribution < -0.4 is 0 Å². The Labute approximate surface area is 112 Å². The van der Waals surface area contributed by atoms with Crippen molar-refractivity contribution < 1.29 is 43.9 Å². The van der Waals surface area contributed by atoms with Crippen molar-refractivity contribution >= 4 is 0 Å². The second kappa shape index (κ2) is 4.18. The molecule has 2 aliphatic carbocycles. The molecule has 0 nitrogen and oxygen atoms in total. The summed E-state index contributed by atoms with van der Waals surface area (Å²) >= 11 is 0. The van der Waals surface area contributed by atoms with Gasteiger partial charge in [-0.3, -0.25) is 0 Å². The van der Waals surface area contributed by atoms with Crippen LogP contribution in [-0.2, 0) is 0 Å². The van der Waals surface area contributed by atoms with Gasteiger partial charge in [-0.1, -0.05) is 0 Å². The fourth-order valence-corrected chi connectivity index (χ4v) is 3.15. The van der Waals surface area contributed by atoms with E-state index in [1.807, 2.05) is 0 Å².